The lowest BCUT2D eigenvalue weighted by Gasteiger charge is -2.25. The molecule has 1 aromatic heterocycles. The van der Waals surface area contributed by atoms with Gasteiger partial charge in [-0.2, -0.15) is 0 Å². The van der Waals surface area contributed by atoms with Crippen LogP contribution in [0.25, 0.3) is 0 Å². The quantitative estimate of drug-likeness (QED) is 0.820. The van der Waals surface area contributed by atoms with Gasteiger partial charge in [0.15, 0.2) is 0 Å². The molecular weight excluding hydrogens is 218 g/mol. The van der Waals surface area contributed by atoms with Gasteiger partial charge in [0, 0.05) is 18.0 Å². The van der Waals surface area contributed by atoms with E-state index in [4.69, 9.17) is 0 Å². The van der Waals surface area contributed by atoms with Gasteiger partial charge in [0.25, 0.3) is 0 Å². The van der Waals surface area contributed by atoms with Crippen LogP contribution >= 0.6 is 11.3 Å². The van der Waals surface area contributed by atoms with Crippen LogP contribution in [0.3, 0.4) is 0 Å². The summed E-state index contributed by atoms with van der Waals surface area (Å²) in [5.74, 6) is 0.824. The lowest BCUT2D eigenvalue weighted by atomic mass is 9.90. The minimum Gasteiger partial charge on any atom is -0.389 e. The van der Waals surface area contributed by atoms with E-state index in [2.05, 4.69) is 11.9 Å². The van der Waals surface area contributed by atoms with E-state index in [1.54, 1.807) is 11.3 Å². The Hall–Kier alpha value is -0.410. The van der Waals surface area contributed by atoms with Crippen molar-refractivity contribution in [3.63, 3.8) is 0 Å². The molecule has 1 aromatic rings. The van der Waals surface area contributed by atoms with Gasteiger partial charge in [0.2, 0.25) is 0 Å². The molecule has 1 saturated carbocycles. The summed E-state index contributed by atoms with van der Waals surface area (Å²) in [4.78, 5) is 4.28. The van der Waals surface area contributed by atoms with Crippen molar-refractivity contribution in [2.24, 2.45) is 5.92 Å². The molecule has 0 spiro atoms. The average Bonchev–Trinajstić information content (AvgIpc) is 2.68. The maximum absolute atomic E-state index is 10.6. The summed E-state index contributed by atoms with van der Waals surface area (Å²) in [6, 6.07) is 0. The molecule has 1 heterocycles. The van der Waals surface area contributed by atoms with Crippen molar-refractivity contribution in [3.8, 4) is 0 Å². The van der Waals surface area contributed by atoms with Crippen molar-refractivity contribution < 1.29 is 5.11 Å². The third kappa shape index (κ3) is 3.05. The van der Waals surface area contributed by atoms with E-state index < -0.39 is 5.60 Å². The fourth-order valence-electron chi connectivity index (χ4n) is 2.67. The molecule has 0 saturated heterocycles. The predicted octanol–water partition coefficient (Wildman–Crippen LogP) is 3.41. The summed E-state index contributed by atoms with van der Waals surface area (Å²) in [6.45, 7) is 2.26. The Kier molecular flexibility index (Phi) is 3.98. The minimum atomic E-state index is -0.484. The first-order chi connectivity index (χ1) is 7.72. The van der Waals surface area contributed by atoms with Crippen molar-refractivity contribution in [3.05, 3.63) is 16.6 Å². The van der Waals surface area contributed by atoms with Gasteiger partial charge in [-0.1, -0.05) is 26.2 Å². The number of aromatic nitrogens is 1. The van der Waals surface area contributed by atoms with Gasteiger partial charge in [-0.05, 0) is 25.2 Å². The van der Waals surface area contributed by atoms with Crippen molar-refractivity contribution >= 4 is 11.3 Å². The number of hydrogen-bond donors (Lipinski definition) is 1. The Morgan fingerprint density at radius 3 is 3.06 bits per heavy atom. The predicted molar refractivity (Wildman–Crippen MR) is 67.6 cm³/mol. The minimum absolute atomic E-state index is 0.484. The summed E-state index contributed by atoms with van der Waals surface area (Å²) >= 11 is 1.66. The highest BCUT2D eigenvalue weighted by atomic mass is 32.1. The van der Waals surface area contributed by atoms with E-state index in [-0.39, 0.29) is 0 Å². The number of thiazole rings is 1. The van der Waals surface area contributed by atoms with E-state index in [1.807, 2.05) is 11.6 Å². The van der Waals surface area contributed by atoms with Crippen LogP contribution in [-0.2, 0) is 6.42 Å². The molecule has 0 amide bonds. The van der Waals surface area contributed by atoms with Crippen molar-refractivity contribution in [1.82, 2.24) is 4.98 Å². The third-order valence-corrected chi connectivity index (χ3v) is 4.59. The summed E-state index contributed by atoms with van der Waals surface area (Å²) in [5.41, 5.74) is -0.484. The molecule has 0 radical (unpaired) electrons. The Balaban J connectivity index is 1.96. The normalized spacial score (nSPS) is 31.2. The van der Waals surface area contributed by atoms with Crippen LogP contribution in [0, 0.1) is 5.92 Å². The van der Waals surface area contributed by atoms with Gasteiger partial charge < -0.3 is 5.11 Å². The highest BCUT2D eigenvalue weighted by Crippen LogP contribution is 2.34. The fraction of sp³-hybridized carbons (Fsp3) is 0.769. The molecule has 2 nitrogen and oxygen atoms in total. The van der Waals surface area contributed by atoms with E-state index in [0.29, 0.717) is 0 Å². The van der Waals surface area contributed by atoms with Crippen molar-refractivity contribution in [1.29, 1.82) is 0 Å². The Bertz CT molecular complexity index is 312. The number of hydrogen-bond acceptors (Lipinski definition) is 3. The lowest BCUT2D eigenvalue weighted by molar-refractivity contribution is 0.0241. The van der Waals surface area contributed by atoms with Crippen LogP contribution in [0.4, 0.5) is 0 Å². The van der Waals surface area contributed by atoms with Crippen molar-refractivity contribution in [2.75, 3.05) is 0 Å². The van der Waals surface area contributed by atoms with Crippen molar-refractivity contribution in [2.45, 2.75) is 57.5 Å². The summed E-state index contributed by atoms with van der Waals surface area (Å²) in [7, 11) is 0. The zero-order valence-corrected chi connectivity index (χ0v) is 10.8. The fourth-order valence-corrected chi connectivity index (χ4v) is 3.42. The molecule has 90 valence electrons. The zero-order valence-electron chi connectivity index (χ0n) is 9.98. The number of rotatable bonds is 3. The summed E-state index contributed by atoms with van der Waals surface area (Å²) in [6.07, 6.45) is 9.37. The molecule has 16 heavy (non-hydrogen) atoms. The molecule has 0 aromatic carbocycles. The number of aliphatic hydroxyl groups is 1. The zero-order chi connectivity index (χ0) is 11.4. The maximum Gasteiger partial charge on any atom is 0.0953 e. The Labute approximate surface area is 102 Å². The second kappa shape index (κ2) is 5.28. The Morgan fingerprint density at radius 1 is 1.50 bits per heavy atom. The van der Waals surface area contributed by atoms with Crippen LogP contribution < -0.4 is 0 Å². The van der Waals surface area contributed by atoms with E-state index >= 15 is 0 Å². The smallest absolute Gasteiger partial charge is 0.0953 e. The molecule has 1 aliphatic rings. The van der Waals surface area contributed by atoms with Gasteiger partial charge in [-0.3, -0.25) is 0 Å². The first-order valence-corrected chi connectivity index (χ1v) is 7.20. The van der Waals surface area contributed by atoms with Crippen LogP contribution in [-0.4, -0.2) is 15.7 Å². The van der Waals surface area contributed by atoms with Gasteiger partial charge in [0.1, 0.15) is 0 Å². The van der Waals surface area contributed by atoms with Crippen LogP contribution in [0.5, 0.6) is 0 Å². The highest BCUT2D eigenvalue weighted by molar-refractivity contribution is 7.09. The first kappa shape index (κ1) is 12.1. The van der Waals surface area contributed by atoms with Crippen LogP contribution in [0.1, 0.15) is 50.5 Å². The molecule has 1 fully saturated rings. The van der Waals surface area contributed by atoms with E-state index in [1.165, 1.54) is 25.7 Å². The molecule has 2 unspecified atom stereocenters. The SMILES string of the molecule is CCC1CCCC(O)(Cc2nccs2)CC1. The second-order valence-electron chi connectivity index (χ2n) is 5.03. The summed E-state index contributed by atoms with van der Waals surface area (Å²) in [5, 5.41) is 13.7. The highest BCUT2D eigenvalue weighted by Gasteiger charge is 2.31. The second-order valence-corrected chi connectivity index (χ2v) is 6.01. The van der Waals surface area contributed by atoms with Crippen LogP contribution in [0.2, 0.25) is 0 Å². The van der Waals surface area contributed by atoms with E-state index in [0.717, 1.165) is 30.2 Å². The Morgan fingerprint density at radius 2 is 2.38 bits per heavy atom. The monoisotopic (exact) mass is 239 g/mol. The van der Waals surface area contributed by atoms with E-state index in [9.17, 15) is 5.11 Å². The van der Waals surface area contributed by atoms with Gasteiger partial charge in [-0.25, -0.2) is 4.98 Å². The van der Waals surface area contributed by atoms with Crippen LogP contribution in [0.15, 0.2) is 11.6 Å². The molecule has 2 rings (SSSR count). The summed E-state index contributed by atoms with van der Waals surface area (Å²) < 4.78 is 0. The first-order valence-electron chi connectivity index (χ1n) is 6.32. The molecule has 1 N–H and O–H groups in total. The van der Waals surface area contributed by atoms with Gasteiger partial charge >= 0.3 is 0 Å². The lowest BCUT2D eigenvalue weighted by Crippen LogP contribution is -2.30. The topological polar surface area (TPSA) is 33.1 Å². The largest absolute Gasteiger partial charge is 0.389 e. The van der Waals surface area contributed by atoms with Gasteiger partial charge in [0.05, 0.1) is 10.6 Å². The molecule has 3 heteroatoms. The molecule has 0 aliphatic heterocycles. The molecule has 0 bridgehead atoms. The molecule has 2 atom stereocenters. The number of nitrogens with zero attached hydrogens (tertiary/aromatic N) is 1. The standard InChI is InChI=1S/C13H21NOS/c1-2-11-4-3-6-13(15,7-5-11)10-12-14-8-9-16-12/h8-9,11,15H,2-7,10H2,1H3. The maximum atomic E-state index is 10.6. The van der Waals surface area contributed by atoms with Gasteiger partial charge in [-0.15, -0.1) is 11.3 Å². The average molecular weight is 239 g/mol. The third-order valence-electron chi connectivity index (χ3n) is 3.81. The molecule has 1 aliphatic carbocycles. The molecular formula is C13H21NOS.